The molecule has 90 valence electrons. The molecular formula is C11H11BrFN3O. The van der Waals surface area contributed by atoms with Gasteiger partial charge in [0.25, 0.3) is 5.89 Å². The predicted octanol–water partition coefficient (Wildman–Crippen LogP) is 2.83. The molecule has 1 aromatic carbocycles. The molecule has 0 amide bonds. The second-order valence-electron chi connectivity index (χ2n) is 4.27. The Bertz CT molecular complexity index is 548. The largest absolute Gasteiger partial charge is 0.334 e. The Morgan fingerprint density at radius 2 is 2.12 bits per heavy atom. The molecule has 2 rings (SSSR count). The van der Waals surface area contributed by atoms with E-state index in [2.05, 4.69) is 26.1 Å². The molecule has 0 saturated carbocycles. The highest BCUT2D eigenvalue weighted by Crippen LogP contribution is 2.25. The van der Waals surface area contributed by atoms with Crippen LogP contribution >= 0.6 is 15.9 Å². The lowest BCUT2D eigenvalue weighted by atomic mass is 10.1. The molecule has 17 heavy (non-hydrogen) atoms. The first-order valence-corrected chi connectivity index (χ1v) is 5.76. The summed E-state index contributed by atoms with van der Waals surface area (Å²) >= 11 is 3.18. The molecule has 4 nitrogen and oxygen atoms in total. The molecule has 0 atom stereocenters. The molecule has 0 radical (unpaired) electrons. The van der Waals surface area contributed by atoms with Gasteiger partial charge in [-0.2, -0.15) is 4.98 Å². The van der Waals surface area contributed by atoms with Crippen molar-refractivity contribution in [2.45, 2.75) is 19.4 Å². The molecular weight excluding hydrogens is 289 g/mol. The van der Waals surface area contributed by atoms with Crippen LogP contribution in [0.25, 0.3) is 11.5 Å². The Morgan fingerprint density at radius 1 is 1.41 bits per heavy atom. The molecule has 0 unspecified atom stereocenters. The summed E-state index contributed by atoms with van der Waals surface area (Å²) in [6.07, 6.45) is 0. The number of aromatic nitrogens is 2. The van der Waals surface area contributed by atoms with Gasteiger partial charge in [-0.25, -0.2) is 4.39 Å². The summed E-state index contributed by atoms with van der Waals surface area (Å²) in [5.41, 5.74) is 5.37. The highest BCUT2D eigenvalue weighted by molar-refractivity contribution is 9.10. The van der Waals surface area contributed by atoms with Crippen molar-refractivity contribution in [3.63, 3.8) is 0 Å². The minimum atomic E-state index is -0.715. The van der Waals surface area contributed by atoms with Crippen LogP contribution in [0.1, 0.15) is 19.7 Å². The van der Waals surface area contributed by atoms with Gasteiger partial charge in [0.2, 0.25) is 0 Å². The van der Waals surface area contributed by atoms with E-state index in [4.69, 9.17) is 10.3 Å². The second-order valence-corrected chi connectivity index (χ2v) is 5.18. The van der Waals surface area contributed by atoms with Crippen molar-refractivity contribution in [1.29, 1.82) is 0 Å². The van der Waals surface area contributed by atoms with Crippen LogP contribution in [-0.4, -0.2) is 10.1 Å². The van der Waals surface area contributed by atoms with E-state index < -0.39 is 11.4 Å². The van der Waals surface area contributed by atoms with E-state index in [1.807, 2.05) is 0 Å². The molecule has 0 fully saturated rings. The minimum Gasteiger partial charge on any atom is -0.334 e. The van der Waals surface area contributed by atoms with E-state index in [0.29, 0.717) is 10.3 Å². The fraction of sp³-hybridized carbons (Fsp3) is 0.273. The normalized spacial score (nSPS) is 11.8. The summed E-state index contributed by atoms with van der Waals surface area (Å²) < 4.78 is 19.3. The van der Waals surface area contributed by atoms with Crippen LogP contribution in [0.4, 0.5) is 4.39 Å². The van der Waals surface area contributed by atoms with Gasteiger partial charge < -0.3 is 10.3 Å². The van der Waals surface area contributed by atoms with Crippen LogP contribution in [-0.2, 0) is 5.54 Å². The first-order chi connectivity index (χ1) is 7.88. The molecule has 2 N–H and O–H groups in total. The van der Waals surface area contributed by atoms with Crippen molar-refractivity contribution in [1.82, 2.24) is 10.1 Å². The third kappa shape index (κ3) is 2.53. The van der Waals surface area contributed by atoms with Crippen molar-refractivity contribution in [2.75, 3.05) is 0 Å². The van der Waals surface area contributed by atoms with E-state index in [-0.39, 0.29) is 11.5 Å². The third-order valence-corrected chi connectivity index (χ3v) is 2.66. The average Bonchev–Trinajstić information content (AvgIpc) is 2.65. The molecule has 1 aromatic heterocycles. The Balaban J connectivity index is 2.44. The Labute approximate surface area is 106 Å². The summed E-state index contributed by atoms with van der Waals surface area (Å²) in [5, 5.41) is 3.74. The zero-order valence-electron chi connectivity index (χ0n) is 9.37. The number of nitrogens with zero attached hydrogens (tertiary/aromatic N) is 2. The second kappa shape index (κ2) is 4.19. The van der Waals surface area contributed by atoms with Crippen LogP contribution in [0.3, 0.4) is 0 Å². The lowest BCUT2D eigenvalue weighted by molar-refractivity contribution is 0.396. The summed E-state index contributed by atoms with van der Waals surface area (Å²) in [5.74, 6) is 0.0442. The molecule has 0 spiro atoms. The van der Waals surface area contributed by atoms with Crippen LogP contribution in [0.5, 0.6) is 0 Å². The van der Waals surface area contributed by atoms with E-state index in [1.165, 1.54) is 6.07 Å². The summed E-state index contributed by atoms with van der Waals surface area (Å²) in [4.78, 5) is 4.08. The van der Waals surface area contributed by atoms with Crippen LogP contribution < -0.4 is 5.73 Å². The number of nitrogens with two attached hydrogens (primary N) is 1. The highest BCUT2D eigenvalue weighted by Gasteiger charge is 2.23. The third-order valence-electron chi connectivity index (χ3n) is 2.16. The van der Waals surface area contributed by atoms with Crippen molar-refractivity contribution < 1.29 is 8.91 Å². The maximum Gasteiger partial charge on any atom is 0.260 e. The Kier molecular flexibility index (Phi) is 3.01. The summed E-state index contributed by atoms with van der Waals surface area (Å²) in [6, 6.07) is 4.61. The first-order valence-electron chi connectivity index (χ1n) is 4.96. The van der Waals surface area contributed by atoms with Crippen molar-refractivity contribution >= 4 is 15.9 Å². The van der Waals surface area contributed by atoms with Gasteiger partial charge in [-0.3, -0.25) is 0 Å². The average molecular weight is 300 g/mol. The maximum absolute atomic E-state index is 13.7. The highest BCUT2D eigenvalue weighted by atomic mass is 79.9. The number of hydrogen-bond donors (Lipinski definition) is 1. The van der Waals surface area contributed by atoms with E-state index in [0.717, 1.165) is 0 Å². The molecule has 0 bridgehead atoms. The van der Waals surface area contributed by atoms with Crippen molar-refractivity contribution in [2.24, 2.45) is 5.73 Å². The zero-order chi connectivity index (χ0) is 12.6. The molecule has 0 saturated heterocycles. The number of rotatable bonds is 2. The van der Waals surface area contributed by atoms with E-state index in [9.17, 15) is 4.39 Å². The standard InChI is InChI=1S/C11H11BrFN3O/c1-11(2,14)10-15-9(17-16-10)7-4-3-6(12)5-8(7)13/h3-5H,14H2,1-2H3. The quantitative estimate of drug-likeness (QED) is 0.926. The fourth-order valence-corrected chi connectivity index (χ4v) is 1.59. The van der Waals surface area contributed by atoms with Gasteiger partial charge in [0.1, 0.15) is 5.82 Å². The monoisotopic (exact) mass is 299 g/mol. The van der Waals surface area contributed by atoms with Gasteiger partial charge in [-0.05, 0) is 32.0 Å². The van der Waals surface area contributed by atoms with Crippen molar-refractivity contribution in [3.05, 3.63) is 34.3 Å². The van der Waals surface area contributed by atoms with E-state index in [1.54, 1.807) is 26.0 Å². The van der Waals surface area contributed by atoms with Crippen LogP contribution in [0.2, 0.25) is 0 Å². The molecule has 0 aliphatic carbocycles. The minimum absolute atomic E-state index is 0.128. The fourth-order valence-electron chi connectivity index (χ4n) is 1.26. The van der Waals surface area contributed by atoms with Crippen LogP contribution in [0.15, 0.2) is 27.2 Å². The molecule has 0 aliphatic heterocycles. The number of halogens is 2. The van der Waals surface area contributed by atoms with Gasteiger partial charge in [0.05, 0.1) is 11.1 Å². The van der Waals surface area contributed by atoms with Gasteiger partial charge in [-0.15, -0.1) is 0 Å². The Hall–Kier alpha value is -1.27. The topological polar surface area (TPSA) is 64.9 Å². The predicted molar refractivity (Wildman–Crippen MR) is 64.6 cm³/mol. The lowest BCUT2D eigenvalue weighted by Gasteiger charge is -2.11. The van der Waals surface area contributed by atoms with Gasteiger partial charge in [0, 0.05) is 4.47 Å². The maximum atomic E-state index is 13.7. The Morgan fingerprint density at radius 3 is 2.65 bits per heavy atom. The lowest BCUT2D eigenvalue weighted by Crippen LogP contribution is -2.30. The van der Waals surface area contributed by atoms with Crippen LogP contribution in [0, 0.1) is 5.82 Å². The van der Waals surface area contributed by atoms with Gasteiger partial charge in [0.15, 0.2) is 5.82 Å². The zero-order valence-corrected chi connectivity index (χ0v) is 11.0. The number of hydrogen-bond acceptors (Lipinski definition) is 4. The smallest absolute Gasteiger partial charge is 0.260 e. The first kappa shape index (κ1) is 12.2. The van der Waals surface area contributed by atoms with Gasteiger partial charge >= 0.3 is 0 Å². The number of benzene rings is 1. The molecule has 6 heteroatoms. The molecule has 0 aliphatic rings. The van der Waals surface area contributed by atoms with E-state index >= 15 is 0 Å². The SMILES string of the molecule is CC(C)(N)c1noc(-c2ccc(Br)cc2F)n1. The molecule has 2 aromatic rings. The summed E-state index contributed by atoms with van der Waals surface area (Å²) in [7, 11) is 0. The summed E-state index contributed by atoms with van der Waals surface area (Å²) in [6.45, 7) is 3.50. The van der Waals surface area contributed by atoms with Crippen molar-refractivity contribution in [3.8, 4) is 11.5 Å². The molecule has 1 heterocycles. The van der Waals surface area contributed by atoms with Gasteiger partial charge in [-0.1, -0.05) is 21.1 Å².